The number of carbonyl (C=O) groups is 1. The summed E-state index contributed by atoms with van der Waals surface area (Å²) in [6.07, 6.45) is 8.09. The zero-order valence-electron chi connectivity index (χ0n) is 17.5. The molecule has 0 N–H and O–H groups in total. The lowest BCUT2D eigenvalue weighted by atomic mass is 9.57. The normalized spacial score (nSPS) is 30.6. The molecule has 0 aromatic heterocycles. The highest BCUT2D eigenvalue weighted by Crippen LogP contribution is 2.62. The number of methoxy groups -OCH3 is 1. The van der Waals surface area contributed by atoms with Gasteiger partial charge in [-0.1, -0.05) is 12.1 Å². The number of benzene rings is 1. The molecule has 3 unspecified atom stereocenters. The van der Waals surface area contributed by atoms with Crippen molar-refractivity contribution >= 4 is 6.16 Å². The predicted octanol–water partition coefficient (Wildman–Crippen LogP) is 3.73. The number of allylic oxidation sites excluding steroid dienone is 2. The molecule has 1 aromatic rings. The summed E-state index contributed by atoms with van der Waals surface area (Å²) in [7, 11) is 1.70. The van der Waals surface area contributed by atoms with E-state index in [9.17, 15) is 4.79 Å². The van der Waals surface area contributed by atoms with Crippen molar-refractivity contribution in [2.45, 2.75) is 50.2 Å². The molecular weight excluding hydrogens is 382 g/mol. The first-order valence-electron chi connectivity index (χ1n) is 11.0. The Morgan fingerprint density at radius 1 is 1.30 bits per heavy atom. The topological polar surface area (TPSA) is 57.2 Å². The van der Waals surface area contributed by atoms with Gasteiger partial charge in [-0.2, -0.15) is 0 Å². The van der Waals surface area contributed by atoms with Crippen LogP contribution in [0.1, 0.15) is 37.3 Å². The van der Waals surface area contributed by atoms with E-state index in [1.807, 2.05) is 6.07 Å². The fraction of sp³-hybridized carbons (Fsp3) is 0.542. The fourth-order valence-electron chi connectivity index (χ4n) is 6.01. The van der Waals surface area contributed by atoms with Gasteiger partial charge in [-0.25, -0.2) is 4.79 Å². The van der Waals surface area contributed by atoms with Crippen LogP contribution in [0.4, 0.5) is 4.79 Å². The van der Waals surface area contributed by atoms with Crippen molar-refractivity contribution in [2.75, 3.05) is 26.8 Å². The predicted molar refractivity (Wildman–Crippen MR) is 110 cm³/mol. The van der Waals surface area contributed by atoms with E-state index in [2.05, 4.69) is 23.1 Å². The Kier molecular flexibility index (Phi) is 3.97. The van der Waals surface area contributed by atoms with Crippen molar-refractivity contribution in [3.8, 4) is 11.5 Å². The highest BCUT2D eigenvalue weighted by Gasteiger charge is 2.62. The fourth-order valence-corrected chi connectivity index (χ4v) is 6.01. The SMILES string of the molecule is CCOC(=O)Oc1ccc2c3c1OC1C(OC)=CC=C4C(C2)N(CC2CC2)CCC431. The van der Waals surface area contributed by atoms with Gasteiger partial charge in [0.2, 0.25) is 0 Å². The van der Waals surface area contributed by atoms with E-state index < -0.39 is 6.16 Å². The third kappa shape index (κ3) is 2.43. The minimum absolute atomic E-state index is 0.214. The number of likely N-dealkylation sites (tertiary alicyclic amines) is 1. The van der Waals surface area contributed by atoms with Gasteiger partial charge >= 0.3 is 6.16 Å². The van der Waals surface area contributed by atoms with Crippen LogP contribution in [0.15, 0.2) is 35.6 Å². The van der Waals surface area contributed by atoms with Crippen molar-refractivity contribution in [2.24, 2.45) is 5.92 Å². The number of piperidine rings is 1. The van der Waals surface area contributed by atoms with Crippen LogP contribution < -0.4 is 9.47 Å². The minimum atomic E-state index is -0.698. The molecule has 0 radical (unpaired) electrons. The summed E-state index contributed by atoms with van der Waals surface area (Å²) in [5, 5.41) is 0. The molecule has 2 bridgehead atoms. The van der Waals surface area contributed by atoms with Crippen molar-refractivity contribution in [3.63, 3.8) is 0 Å². The van der Waals surface area contributed by atoms with Crippen molar-refractivity contribution in [1.82, 2.24) is 4.90 Å². The maximum atomic E-state index is 12.0. The zero-order chi connectivity index (χ0) is 20.5. The van der Waals surface area contributed by atoms with Crippen molar-refractivity contribution in [3.05, 3.63) is 46.7 Å². The lowest BCUT2D eigenvalue weighted by molar-refractivity contribution is 0.0617. The maximum absolute atomic E-state index is 12.0. The van der Waals surface area contributed by atoms with Crippen LogP contribution >= 0.6 is 0 Å². The zero-order valence-corrected chi connectivity index (χ0v) is 17.5. The van der Waals surface area contributed by atoms with Gasteiger partial charge in [-0.05, 0) is 61.8 Å². The Morgan fingerprint density at radius 3 is 2.93 bits per heavy atom. The molecular formula is C24H27NO5. The molecule has 1 saturated heterocycles. The van der Waals surface area contributed by atoms with Gasteiger partial charge in [0, 0.05) is 24.7 Å². The first-order chi connectivity index (χ1) is 14.7. The molecule has 2 heterocycles. The molecule has 5 aliphatic rings. The molecule has 0 amide bonds. The van der Waals surface area contributed by atoms with Gasteiger partial charge in [0.15, 0.2) is 17.6 Å². The van der Waals surface area contributed by atoms with Crippen LogP contribution in [0.3, 0.4) is 0 Å². The first kappa shape index (κ1) is 18.3. The molecule has 3 aliphatic carbocycles. The largest absolute Gasteiger partial charge is 0.513 e. The van der Waals surface area contributed by atoms with E-state index >= 15 is 0 Å². The average molecular weight is 409 g/mol. The third-order valence-corrected chi connectivity index (χ3v) is 7.43. The molecule has 6 nitrogen and oxygen atoms in total. The monoisotopic (exact) mass is 409 g/mol. The van der Waals surface area contributed by atoms with E-state index in [0.717, 1.165) is 31.1 Å². The van der Waals surface area contributed by atoms with Crippen molar-refractivity contribution < 1.29 is 23.7 Å². The van der Waals surface area contributed by atoms with Crippen LogP contribution in [0.2, 0.25) is 0 Å². The van der Waals surface area contributed by atoms with Crippen LogP contribution in [0, 0.1) is 5.92 Å². The lowest BCUT2D eigenvalue weighted by Gasteiger charge is -2.53. The number of hydrogen-bond acceptors (Lipinski definition) is 6. The standard InChI is InChI=1S/C24H27NO5/c1-3-28-23(26)29-18-8-6-15-12-17-16-7-9-19(27-2)22-24(16,20(15)21(18)30-22)10-11-25(17)13-14-4-5-14/h6-9,14,17,22H,3-5,10-13H2,1-2H3. The molecule has 2 fully saturated rings. The highest BCUT2D eigenvalue weighted by molar-refractivity contribution is 5.71. The first-order valence-corrected chi connectivity index (χ1v) is 11.0. The summed E-state index contributed by atoms with van der Waals surface area (Å²) in [5.74, 6) is 2.81. The molecule has 6 heteroatoms. The maximum Gasteiger partial charge on any atom is 0.513 e. The molecule has 30 heavy (non-hydrogen) atoms. The highest BCUT2D eigenvalue weighted by atomic mass is 16.7. The number of hydrogen-bond donors (Lipinski definition) is 0. The summed E-state index contributed by atoms with van der Waals surface area (Å²) in [6.45, 7) is 4.28. The van der Waals surface area contributed by atoms with E-state index in [4.69, 9.17) is 18.9 Å². The van der Waals surface area contributed by atoms with Crippen molar-refractivity contribution in [1.29, 1.82) is 0 Å². The Morgan fingerprint density at radius 2 is 2.17 bits per heavy atom. The summed E-state index contributed by atoms with van der Waals surface area (Å²) >= 11 is 0. The average Bonchev–Trinajstić information content (AvgIpc) is 3.49. The molecule has 6 rings (SSSR count). The quantitative estimate of drug-likeness (QED) is 0.546. The third-order valence-electron chi connectivity index (χ3n) is 7.43. The molecule has 1 aromatic carbocycles. The van der Waals surface area contributed by atoms with Crippen LogP contribution in [0.25, 0.3) is 0 Å². The Labute approximate surface area is 176 Å². The smallest absolute Gasteiger partial charge is 0.497 e. The Bertz CT molecular complexity index is 978. The summed E-state index contributed by atoms with van der Waals surface area (Å²) in [6, 6.07) is 4.36. The van der Waals surface area contributed by atoms with E-state index in [1.54, 1.807) is 14.0 Å². The Balaban J connectivity index is 1.47. The van der Waals surface area contributed by atoms with Gasteiger partial charge in [0.25, 0.3) is 0 Å². The minimum Gasteiger partial charge on any atom is -0.497 e. The summed E-state index contributed by atoms with van der Waals surface area (Å²) < 4.78 is 22.8. The lowest BCUT2D eigenvalue weighted by Crippen LogP contribution is -2.59. The Hall–Kier alpha value is -2.47. The number of carbonyl (C=O) groups excluding carboxylic acids is 1. The van der Waals surface area contributed by atoms with E-state index in [0.29, 0.717) is 17.5 Å². The second kappa shape index (κ2) is 6.51. The van der Waals surface area contributed by atoms with Gasteiger partial charge in [0.05, 0.1) is 19.1 Å². The van der Waals surface area contributed by atoms with Crippen LogP contribution in [0.5, 0.6) is 11.5 Å². The van der Waals surface area contributed by atoms with E-state index in [1.165, 1.54) is 36.1 Å². The van der Waals surface area contributed by atoms with Gasteiger partial charge in [-0.15, -0.1) is 0 Å². The van der Waals surface area contributed by atoms with Gasteiger partial charge < -0.3 is 18.9 Å². The summed E-state index contributed by atoms with van der Waals surface area (Å²) in [4.78, 5) is 14.7. The van der Waals surface area contributed by atoms with Crippen LogP contribution in [-0.4, -0.2) is 50.0 Å². The molecule has 3 atom stereocenters. The summed E-state index contributed by atoms with van der Waals surface area (Å²) in [5.41, 5.74) is 3.68. The van der Waals surface area contributed by atoms with E-state index in [-0.39, 0.29) is 18.1 Å². The molecule has 1 spiro atoms. The number of nitrogens with zero attached hydrogens (tertiary/aromatic N) is 1. The van der Waals surface area contributed by atoms with Gasteiger partial charge in [0.1, 0.15) is 5.76 Å². The number of rotatable bonds is 5. The molecule has 2 aliphatic heterocycles. The second-order valence-electron chi connectivity index (χ2n) is 8.98. The molecule has 1 saturated carbocycles. The van der Waals surface area contributed by atoms with Crippen LogP contribution in [-0.2, 0) is 21.3 Å². The molecule has 158 valence electrons. The second-order valence-corrected chi connectivity index (χ2v) is 8.98. The number of ether oxygens (including phenoxy) is 4. The van der Waals surface area contributed by atoms with Gasteiger partial charge in [-0.3, -0.25) is 4.90 Å².